The Bertz CT molecular complexity index is 2290. The van der Waals surface area contributed by atoms with Crippen molar-refractivity contribution in [1.29, 1.82) is 0 Å². The lowest BCUT2D eigenvalue weighted by atomic mass is 9.43. The molecule has 0 radical (unpaired) electrons. The molecule has 3 aliphatic heterocycles. The Morgan fingerprint density at radius 3 is 1.77 bits per heavy atom. The number of nitrogens with one attached hydrogen (secondary N) is 1. The van der Waals surface area contributed by atoms with Crippen LogP contribution in [0.15, 0.2) is 17.1 Å². The molecule has 300 valence electrons. The van der Waals surface area contributed by atoms with Crippen LogP contribution in [0.25, 0.3) is 10.8 Å². The second-order valence-electron chi connectivity index (χ2n) is 20.9. The first kappa shape index (κ1) is 36.6. The Morgan fingerprint density at radius 2 is 1.21 bits per heavy atom. The SMILES string of the molecule is C[C@@H]1CC[C@H]2C(C)(C)[C@H](O)CC[C@]2(C)[C@@]12Cc1c(O)cc3c(c1O2)C(c1[nH]c(O)c2cc(O)c4c(c12)O[C@@]1(C4)[C@@H](C)CC[C@@H]2C(C)(C)[C@@H](O)CC[C@]21C)=NC3=O. The van der Waals surface area contributed by atoms with Crippen LogP contribution in [-0.2, 0) is 12.8 Å². The quantitative estimate of drug-likeness (QED) is 0.145. The van der Waals surface area contributed by atoms with Gasteiger partial charge in [-0.05, 0) is 98.0 Å². The number of aromatic nitrogens is 1. The second-order valence-corrected chi connectivity index (χ2v) is 20.9. The molecule has 0 saturated heterocycles. The van der Waals surface area contributed by atoms with Crippen molar-refractivity contribution < 1.29 is 39.8 Å². The summed E-state index contributed by atoms with van der Waals surface area (Å²) >= 11 is 0. The highest BCUT2D eigenvalue weighted by molar-refractivity contribution is 6.32. The van der Waals surface area contributed by atoms with Crippen molar-refractivity contribution in [3.05, 3.63) is 40.1 Å². The molecular weight excluding hydrogens is 709 g/mol. The lowest BCUT2D eigenvalue weighted by Gasteiger charge is -2.64. The number of phenols is 2. The molecule has 2 aromatic carbocycles. The van der Waals surface area contributed by atoms with Gasteiger partial charge in [0.05, 0.1) is 39.8 Å². The minimum atomic E-state index is -0.689. The minimum absolute atomic E-state index is 0.0124. The van der Waals surface area contributed by atoms with Crippen molar-refractivity contribution >= 4 is 22.4 Å². The number of carbonyl (C=O) groups is 1. The van der Waals surface area contributed by atoms with E-state index < -0.39 is 29.3 Å². The number of aliphatic hydroxyl groups is 2. The van der Waals surface area contributed by atoms with Crippen molar-refractivity contribution in [3.8, 4) is 28.9 Å². The number of fused-ring (bicyclic) bond motifs is 10. The van der Waals surface area contributed by atoms with Gasteiger partial charge in [0.1, 0.15) is 39.9 Å². The predicted molar refractivity (Wildman–Crippen MR) is 212 cm³/mol. The average molecular weight is 767 g/mol. The van der Waals surface area contributed by atoms with Gasteiger partial charge in [0.15, 0.2) is 5.88 Å². The molecule has 3 aromatic rings. The van der Waals surface area contributed by atoms with Crippen LogP contribution >= 0.6 is 0 Å². The van der Waals surface area contributed by atoms with E-state index in [1.165, 1.54) is 6.07 Å². The van der Waals surface area contributed by atoms with Crippen LogP contribution in [-0.4, -0.2) is 65.5 Å². The Balaban J connectivity index is 1.12. The predicted octanol–water partition coefficient (Wildman–Crippen LogP) is 8.09. The third-order valence-corrected chi connectivity index (χ3v) is 18.1. The summed E-state index contributed by atoms with van der Waals surface area (Å²) in [4.78, 5) is 21.7. The number of amides is 1. The highest BCUT2D eigenvalue weighted by atomic mass is 16.5. The van der Waals surface area contributed by atoms with E-state index in [4.69, 9.17) is 9.47 Å². The largest absolute Gasteiger partial charge is 0.508 e. The number of aromatic amines is 1. The zero-order valence-electron chi connectivity index (χ0n) is 34.1. The third-order valence-electron chi connectivity index (χ3n) is 18.1. The number of rotatable bonds is 1. The molecule has 7 aliphatic rings. The summed E-state index contributed by atoms with van der Waals surface area (Å²) in [6.07, 6.45) is 6.79. The van der Waals surface area contributed by atoms with E-state index in [1.54, 1.807) is 6.07 Å². The number of nitrogens with zero attached hydrogens (tertiary/aromatic N) is 1. The van der Waals surface area contributed by atoms with E-state index in [0.29, 0.717) is 76.1 Å². The van der Waals surface area contributed by atoms with Crippen LogP contribution in [0, 0.1) is 45.3 Å². The summed E-state index contributed by atoms with van der Waals surface area (Å²) in [6.45, 7) is 17.8. The fraction of sp³-hybridized carbons (Fsp3) is 0.652. The first-order chi connectivity index (χ1) is 26.2. The molecule has 4 saturated carbocycles. The van der Waals surface area contributed by atoms with Gasteiger partial charge in [0.2, 0.25) is 0 Å². The zero-order valence-corrected chi connectivity index (χ0v) is 34.1. The maximum Gasteiger partial charge on any atom is 0.278 e. The fourth-order valence-corrected chi connectivity index (χ4v) is 14.6. The van der Waals surface area contributed by atoms with Crippen LogP contribution in [0.5, 0.6) is 28.9 Å². The first-order valence-corrected chi connectivity index (χ1v) is 21.1. The monoisotopic (exact) mass is 766 g/mol. The summed E-state index contributed by atoms with van der Waals surface area (Å²) in [5, 5.41) is 58.1. The minimum Gasteiger partial charge on any atom is -0.508 e. The molecule has 2 spiro atoms. The van der Waals surface area contributed by atoms with Crippen LogP contribution in [0.2, 0.25) is 0 Å². The number of aliphatic imine (C=N–C) groups is 1. The summed E-state index contributed by atoms with van der Waals surface area (Å²) in [5.41, 5.74) is 0.130. The standard InChI is InChI=1S/C46H58N2O8/c1-21-9-11-29-41(3,4)31(51)13-15-43(29,7)45(21)19-25-27(49)17-23-33(37(25)55-45)35(47-39(23)53)36-34-24(40(54)48-36)18-28(50)26-20-46(56-38(26)34)22(2)10-12-30-42(5,6)32(52)14-16-44(30,46)8/h17-18,21-22,29-32,47,49-53H,9-16,19-20H2,1-8H3/t21-,22+,29+,30-,31-,32+,43+,44-,45-,46+/m0/s1. The van der Waals surface area contributed by atoms with E-state index in [1.807, 2.05) is 0 Å². The molecule has 4 heterocycles. The molecule has 10 rings (SSSR count). The van der Waals surface area contributed by atoms with Crippen molar-refractivity contribution in [3.63, 3.8) is 0 Å². The van der Waals surface area contributed by atoms with Gasteiger partial charge < -0.3 is 40.0 Å². The summed E-state index contributed by atoms with van der Waals surface area (Å²) < 4.78 is 14.7. The highest BCUT2D eigenvalue weighted by Gasteiger charge is 2.69. The lowest BCUT2D eigenvalue weighted by molar-refractivity contribution is -0.210. The molecule has 0 bridgehead atoms. The van der Waals surface area contributed by atoms with E-state index in [9.17, 15) is 30.3 Å². The highest BCUT2D eigenvalue weighted by Crippen LogP contribution is 2.69. The average Bonchev–Trinajstić information content (AvgIpc) is 3.90. The Hall–Kier alpha value is -3.76. The van der Waals surface area contributed by atoms with Gasteiger partial charge >= 0.3 is 0 Å². The number of carbonyl (C=O) groups excluding carboxylic acids is 1. The van der Waals surface area contributed by atoms with Crippen molar-refractivity contribution in [2.75, 3.05) is 0 Å². The molecule has 10 heteroatoms. The molecule has 0 unspecified atom stereocenters. The topological polar surface area (TPSA) is 165 Å². The normalized spacial score (nSPS) is 40.1. The number of hydrogen-bond donors (Lipinski definition) is 6. The number of hydrogen-bond acceptors (Lipinski definition) is 8. The number of aromatic hydroxyl groups is 3. The second kappa shape index (κ2) is 11.0. The van der Waals surface area contributed by atoms with Gasteiger partial charge in [-0.1, -0.05) is 55.4 Å². The van der Waals surface area contributed by atoms with Crippen LogP contribution in [0.4, 0.5) is 0 Å². The van der Waals surface area contributed by atoms with Crippen LogP contribution < -0.4 is 9.47 Å². The molecule has 4 fully saturated rings. The van der Waals surface area contributed by atoms with Gasteiger partial charge in [-0.25, -0.2) is 4.99 Å². The van der Waals surface area contributed by atoms with E-state index >= 15 is 0 Å². The van der Waals surface area contributed by atoms with Gasteiger partial charge in [0.25, 0.3) is 5.91 Å². The number of H-pyrrole nitrogens is 1. The van der Waals surface area contributed by atoms with Crippen LogP contribution in [0.1, 0.15) is 139 Å². The molecule has 10 atom stereocenters. The first-order valence-electron chi connectivity index (χ1n) is 21.1. The van der Waals surface area contributed by atoms with Crippen molar-refractivity contribution in [2.45, 2.75) is 143 Å². The summed E-state index contributed by atoms with van der Waals surface area (Å²) in [6, 6.07) is 3.11. The zero-order chi connectivity index (χ0) is 39.9. The molecule has 1 aromatic heterocycles. The third kappa shape index (κ3) is 4.11. The van der Waals surface area contributed by atoms with Crippen molar-refractivity contribution in [2.24, 2.45) is 50.3 Å². The number of aliphatic hydroxyl groups excluding tert-OH is 2. The van der Waals surface area contributed by atoms with Crippen molar-refractivity contribution in [1.82, 2.24) is 4.98 Å². The maximum atomic E-state index is 13.9. The van der Waals surface area contributed by atoms with Gasteiger partial charge in [-0.2, -0.15) is 0 Å². The number of phenolic OH excluding ortho intramolecular Hbond substituents is 2. The molecule has 10 nitrogen and oxygen atoms in total. The summed E-state index contributed by atoms with van der Waals surface area (Å²) in [7, 11) is 0. The Labute approximate surface area is 328 Å². The van der Waals surface area contributed by atoms with E-state index in [0.717, 1.165) is 38.5 Å². The molecule has 56 heavy (non-hydrogen) atoms. The Kier molecular flexibility index (Phi) is 7.21. The van der Waals surface area contributed by atoms with E-state index in [-0.39, 0.29) is 68.3 Å². The number of ether oxygens (including phenoxy) is 2. The molecular formula is C46H58N2O8. The fourth-order valence-electron chi connectivity index (χ4n) is 14.6. The lowest BCUT2D eigenvalue weighted by Crippen LogP contribution is -2.66. The van der Waals surface area contributed by atoms with Crippen LogP contribution in [0.3, 0.4) is 0 Å². The number of benzene rings is 2. The smallest absolute Gasteiger partial charge is 0.278 e. The van der Waals surface area contributed by atoms with Gasteiger partial charge in [-0.3, -0.25) is 4.79 Å². The van der Waals surface area contributed by atoms with Gasteiger partial charge in [0, 0.05) is 34.8 Å². The molecule has 4 aliphatic carbocycles. The van der Waals surface area contributed by atoms with Gasteiger partial charge in [-0.15, -0.1) is 0 Å². The van der Waals surface area contributed by atoms with E-state index in [2.05, 4.69) is 65.4 Å². The Morgan fingerprint density at radius 1 is 0.714 bits per heavy atom. The maximum absolute atomic E-state index is 13.9. The molecule has 6 N–H and O–H groups in total. The molecule has 1 amide bonds. The summed E-state index contributed by atoms with van der Waals surface area (Å²) in [5.74, 6) is 0.970.